The molecule has 0 atom stereocenters. The number of rotatable bonds is 7. The molecule has 0 unspecified atom stereocenters. The summed E-state index contributed by atoms with van der Waals surface area (Å²) < 4.78 is 35.8. The molecular formula is C17H21NO4S. The fourth-order valence-corrected chi connectivity index (χ4v) is 4.31. The number of hydrogen-bond donors (Lipinski definition) is 0. The third kappa shape index (κ3) is 4.53. The Morgan fingerprint density at radius 3 is 2.43 bits per heavy atom. The van der Waals surface area contributed by atoms with Gasteiger partial charge in [0.1, 0.15) is 6.61 Å². The lowest BCUT2D eigenvalue weighted by molar-refractivity contribution is 0.143. The van der Waals surface area contributed by atoms with Crippen molar-refractivity contribution in [2.45, 2.75) is 24.5 Å². The van der Waals surface area contributed by atoms with E-state index in [0.29, 0.717) is 29.6 Å². The first-order valence-corrected chi connectivity index (χ1v) is 8.95. The molecule has 5 nitrogen and oxygen atoms in total. The maximum Gasteiger partial charge on any atom is 0.213 e. The van der Waals surface area contributed by atoms with E-state index in [2.05, 4.69) is 4.98 Å². The average molecular weight is 335 g/mol. The zero-order chi connectivity index (χ0) is 16.9. The lowest BCUT2D eigenvalue weighted by atomic mass is 10.2. The Morgan fingerprint density at radius 1 is 1.09 bits per heavy atom. The van der Waals surface area contributed by atoms with Crippen LogP contribution in [0, 0.1) is 13.8 Å². The van der Waals surface area contributed by atoms with Crippen LogP contribution >= 0.6 is 0 Å². The van der Waals surface area contributed by atoms with Gasteiger partial charge < -0.3 is 9.47 Å². The molecule has 0 aliphatic heterocycles. The molecule has 0 aliphatic rings. The molecule has 0 spiro atoms. The number of aryl methyl sites for hydroxylation is 2. The van der Waals surface area contributed by atoms with E-state index < -0.39 is 9.84 Å². The second-order valence-corrected chi connectivity index (χ2v) is 7.25. The lowest BCUT2D eigenvalue weighted by Crippen LogP contribution is -2.10. The molecule has 0 fully saturated rings. The molecule has 1 heterocycles. The summed E-state index contributed by atoms with van der Waals surface area (Å²) in [6.07, 6.45) is 1.55. The predicted molar refractivity (Wildman–Crippen MR) is 88.4 cm³/mol. The van der Waals surface area contributed by atoms with E-state index >= 15 is 0 Å². The standard InChI is InChI=1S/C17H21NO4S/c1-13-5-4-6-14(2)17(13)23(19,20)12-15-7-8-18-16(11-15)22-10-9-21-3/h4-8,11H,9-10,12H2,1-3H3. The minimum Gasteiger partial charge on any atom is -0.475 e. The summed E-state index contributed by atoms with van der Waals surface area (Å²) in [5.74, 6) is 0.318. The molecule has 1 aromatic carbocycles. The first-order valence-electron chi connectivity index (χ1n) is 7.29. The Morgan fingerprint density at radius 2 is 1.78 bits per heavy atom. The minimum atomic E-state index is -3.42. The minimum absolute atomic E-state index is 0.0815. The zero-order valence-corrected chi connectivity index (χ0v) is 14.4. The first-order chi connectivity index (χ1) is 10.9. The van der Waals surface area contributed by atoms with Crippen molar-refractivity contribution in [2.75, 3.05) is 20.3 Å². The molecule has 0 aliphatic carbocycles. The Hall–Kier alpha value is -1.92. The van der Waals surface area contributed by atoms with E-state index in [9.17, 15) is 8.42 Å². The van der Waals surface area contributed by atoms with E-state index in [4.69, 9.17) is 9.47 Å². The van der Waals surface area contributed by atoms with E-state index in [1.54, 1.807) is 25.4 Å². The maximum absolute atomic E-state index is 12.7. The number of methoxy groups -OCH3 is 1. The predicted octanol–water partition coefficient (Wildman–Crippen LogP) is 2.70. The average Bonchev–Trinajstić information content (AvgIpc) is 2.47. The zero-order valence-electron chi connectivity index (χ0n) is 13.6. The van der Waals surface area contributed by atoms with Gasteiger partial charge in [-0.1, -0.05) is 18.2 Å². The first kappa shape index (κ1) is 17.4. The van der Waals surface area contributed by atoms with Gasteiger partial charge in [-0.25, -0.2) is 13.4 Å². The van der Waals surface area contributed by atoms with Crippen LogP contribution in [-0.4, -0.2) is 33.7 Å². The van der Waals surface area contributed by atoms with Crippen LogP contribution in [0.1, 0.15) is 16.7 Å². The van der Waals surface area contributed by atoms with Gasteiger partial charge in [0.15, 0.2) is 9.84 Å². The lowest BCUT2D eigenvalue weighted by Gasteiger charge is -2.11. The number of benzene rings is 1. The van der Waals surface area contributed by atoms with Crippen LogP contribution in [0.25, 0.3) is 0 Å². The van der Waals surface area contributed by atoms with Crippen LogP contribution < -0.4 is 4.74 Å². The Labute approximate surface area is 137 Å². The van der Waals surface area contributed by atoms with Gasteiger partial charge in [0, 0.05) is 19.4 Å². The summed E-state index contributed by atoms with van der Waals surface area (Å²) in [6, 6.07) is 8.82. The highest BCUT2D eigenvalue weighted by molar-refractivity contribution is 7.90. The highest BCUT2D eigenvalue weighted by Gasteiger charge is 2.20. The Bertz CT molecular complexity index is 752. The molecule has 124 valence electrons. The van der Waals surface area contributed by atoms with Gasteiger partial charge in [0.05, 0.1) is 17.3 Å². The van der Waals surface area contributed by atoms with Crippen molar-refractivity contribution in [3.63, 3.8) is 0 Å². The van der Waals surface area contributed by atoms with Gasteiger partial charge >= 0.3 is 0 Å². The molecule has 1 aromatic heterocycles. The number of sulfone groups is 1. The largest absolute Gasteiger partial charge is 0.475 e. The van der Waals surface area contributed by atoms with Crippen LogP contribution in [0.15, 0.2) is 41.4 Å². The number of aromatic nitrogens is 1. The van der Waals surface area contributed by atoms with Crippen LogP contribution in [-0.2, 0) is 20.3 Å². The van der Waals surface area contributed by atoms with Crippen molar-refractivity contribution in [1.82, 2.24) is 4.98 Å². The van der Waals surface area contributed by atoms with Crippen molar-refractivity contribution < 1.29 is 17.9 Å². The summed E-state index contributed by atoms with van der Waals surface area (Å²) in [6.45, 7) is 4.45. The van der Waals surface area contributed by atoms with E-state index in [0.717, 1.165) is 11.1 Å². The van der Waals surface area contributed by atoms with Gasteiger partial charge in [-0.05, 0) is 36.6 Å². The summed E-state index contributed by atoms with van der Waals surface area (Å²) in [4.78, 5) is 4.48. The summed E-state index contributed by atoms with van der Waals surface area (Å²) >= 11 is 0. The molecule has 23 heavy (non-hydrogen) atoms. The molecule has 0 N–H and O–H groups in total. The van der Waals surface area contributed by atoms with E-state index in [1.807, 2.05) is 32.0 Å². The molecule has 6 heteroatoms. The third-order valence-electron chi connectivity index (χ3n) is 3.41. The number of hydrogen-bond acceptors (Lipinski definition) is 5. The summed E-state index contributed by atoms with van der Waals surface area (Å²) in [7, 11) is -1.84. The van der Waals surface area contributed by atoms with Gasteiger partial charge in [-0.15, -0.1) is 0 Å². The van der Waals surface area contributed by atoms with Crippen molar-refractivity contribution in [3.05, 3.63) is 53.2 Å². The molecule has 2 aromatic rings. The van der Waals surface area contributed by atoms with Crippen molar-refractivity contribution >= 4 is 9.84 Å². The van der Waals surface area contributed by atoms with Gasteiger partial charge in [0.2, 0.25) is 5.88 Å². The second-order valence-electron chi connectivity index (χ2n) is 5.32. The smallest absolute Gasteiger partial charge is 0.213 e. The molecule has 2 rings (SSSR count). The topological polar surface area (TPSA) is 65.5 Å². The van der Waals surface area contributed by atoms with E-state index in [1.165, 1.54) is 0 Å². The van der Waals surface area contributed by atoms with Gasteiger partial charge in [-0.2, -0.15) is 0 Å². The highest BCUT2D eigenvalue weighted by Crippen LogP contribution is 2.24. The summed E-state index contributed by atoms with van der Waals surface area (Å²) in [5, 5.41) is 0. The number of nitrogens with zero attached hydrogens (tertiary/aromatic N) is 1. The van der Waals surface area contributed by atoms with Crippen LogP contribution in [0.3, 0.4) is 0 Å². The van der Waals surface area contributed by atoms with Crippen molar-refractivity contribution in [3.8, 4) is 5.88 Å². The normalized spacial score (nSPS) is 11.4. The van der Waals surface area contributed by atoms with Gasteiger partial charge in [-0.3, -0.25) is 0 Å². The van der Waals surface area contributed by atoms with Crippen LogP contribution in [0.4, 0.5) is 0 Å². The Balaban J connectivity index is 2.22. The fourth-order valence-electron chi connectivity index (χ4n) is 2.43. The Kier molecular flexibility index (Phi) is 5.74. The van der Waals surface area contributed by atoms with Crippen molar-refractivity contribution in [2.24, 2.45) is 0 Å². The second kappa shape index (κ2) is 7.57. The fraction of sp³-hybridized carbons (Fsp3) is 0.353. The van der Waals surface area contributed by atoms with Crippen molar-refractivity contribution in [1.29, 1.82) is 0 Å². The molecule has 0 amide bonds. The molecule has 0 saturated carbocycles. The maximum atomic E-state index is 12.7. The van der Waals surface area contributed by atoms with Crippen LogP contribution in [0.2, 0.25) is 0 Å². The van der Waals surface area contributed by atoms with Gasteiger partial charge in [0.25, 0.3) is 0 Å². The molecule has 0 radical (unpaired) electrons. The molecule has 0 saturated heterocycles. The molecular weight excluding hydrogens is 314 g/mol. The number of ether oxygens (including phenoxy) is 2. The summed E-state index contributed by atoms with van der Waals surface area (Å²) in [5.41, 5.74) is 2.17. The quantitative estimate of drug-likeness (QED) is 0.728. The van der Waals surface area contributed by atoms with E-state index in [-0.39, 0.29) is 5.75 Å². The number of pyridine rings is 1. The SMILES string of the molecule is COCCOc1cc(CS(=O)(=O)c2c(C)cccc2C)ccn1. The molecule has 0 bridgehead atoms. The van der Waals surface area contributed by atoms with Crippen LogP contribution in [0.5, 0.6) is 5.88 Å². The third-order valence-corrected chi connectivity index (χ3v) is 5.39. The monoisotopic (exact) mass is 335 g/mol. The highest BCUT2D eigenvalue weighted by atomic mass is 32.2.